The van der Waals surface area contributed by atoms with E-state index in [1.165, 1.54) is 36.8 Å². The van der Waals surface area contributed by atoms with Crippen molar-refractivity contribution in [3.63, 3.8) is 0 Å². The Bertz CT molecular complexity index is 918. The lowest BCUT2D eigenvalue weighted by molar-refractivity contribution is -0.135. The number of piperazine rings is 1. The van der Waals surface area contributed by atoms with Gasteiger partial charge in [0.15, 0.2) is 11.6 Å². The fourth-order valence-electron chi connectivity index (χ4n) is 4.82. The number of amides is 1. The first-order valence-corrected chi connectivity index (χ1v) is 11.5. The van der Waals surface area contributed by atoms with Crippen LogP contribution in [-0.4, -0.2) is 73.0 Å². The summed E-state index contributed by atoms with van der Waals surface area (Å²) in [5.41, 5.74) is 1.24. The van der Waals surface area contributed by atoms with Crippen LogP contribution in [0.5, 0.6) is 5.75 Å². The molecule has 0 atom stereocenters. The first-order valence-electron chi connectivity index (χ1n) is 10.6. The topological polar surface area (TPSA) is 36.0 Å². The van der Waals surface area contributed by atoms with Crippen LogP contribution in [0.1, 0.15) is 29.7 Å². The molecule has 3 heterocycles. The molecule has 29 heavy (non-hydrogen) atoms. The van der Waals surface area contributed by atoms with Gasteiger partial charge in [-0.2, -0.15) is 0 Å². The van der Waals surface area contributed by atoms with Gasteiger partial charge in [-0.15, -0.1) is 11.3 Å². The van der Waals surface area contributed by atoms with Crippen LogP contribution >= 0.6 is 11.3 Å². The maximum absolute atomic E-state index is 14.1. The summed E-state index contributed by atoms with van der Waals surface area (Å²) in [7, 11) is 1.50. The van der Waals surface area contributed by atoms with E-state index in [2.05, 4.69) is 9.80 Å². The summed E-state index contributed by atoms with van der Waals surface area (Å²) < 4.78 is 20.3. The van der Waals surface area contributed by atoms with Crippen LogP contribution in [0.15, 0.2) is 12.1 Å². The molecule has 1 amide bonds. The number of rotatable bonds is 4. The van der Waals surface area contributed by atoms with E-state index >= 15 is 0 Å². The van der Waals surface area contributed by atoms with Crippen molar-refractivity contribution in [2.45, 2.75) is 38.3 Å². The zero-order valence-corrected chi connectivity index (χ0v) is 17.8. The van der Waals surface area contributed by atoms with Crippen LogP contribution < -0.4 is 4.74 Å². The van der Waals surface area contributed by atoms with E-state index in [0.717, 1.165) is 61.8 Å². The minimum absolute atomic E-state index is 0.246. The van der Waals surface area contributed by atoms with Gasteiger partial charge in [0.25, 0.3) is 0 Å². The summed E-state index contributed by atoms with van der Waals surface area (Å²) >= 11 is 1.70. The van der Waals surface area contributed by atoms with E-state index in [-0.39, 0.29) is 11.7 Å². The molecule has 5 rings (SSSR count). The largest absolute Gasteiger partial charge is 0.494 e. The Balaban J connectivity index is 1.22. The minimum Gasteiger partial charge on any atom is -0.494 e. The zero-order valence-electron chi connectivity index (χ0n) is 17.0. The molecule has 1 saturated heterocycles. The number of benzene rings is 1. The van der Waals surface area contributed by atoms with Crippen molar-refractivity contribution in [3.05, 3.63) is 28.4 Å². The van der Waals surface area contributed by atoms with Gasteiger partial charge in [0.2, 0.25) is 5.91 Å². The lowest BCUT2D eigenvalue weighted by Gasteiger charge is -2.43. The van der Waals surface area contributed by atoms with Crippen LogP contribution in [0, 0.1) is 5.82 Å². The number of halogens is 1. The first-order chi connectivity index (χ1) is 14.1. The Morgan fingerprint density at radius 3 is 2.69 bits per heavy atom. The molecule has 0 bridgehead atoms. The van der Waals surface area contributed by atoms with E-state index in [9.17, 15) is 9.18 Å². The van der Waals surface area contributed by atoms with Crippen molar-refractivity contribution in [2.75, 3.05) is 46.4 Å². The molecule has 2 aromatic rings. The van der Waals surface area contributed by atoms with Gasteiger partial charge in [-0.05, 0) is 36.3 Å². The number of nitrogens with zero attached hydrogens (tertiary/aromatic N) is 3. The molecule has 1 aromatic carbocycles. The van der Waals surface area contributed by atoms with E-state index in [0.29, 0.717) is 12.3 Å². The van der Waals surface area contributed by atoms with E-state index < -0.39 is 0 Å². The van der Waals surface area contributed by atoms with Crippen LogP contribution in [0.25, 0.3) is 10.1 Å². The second-order valence-corrected chi connectivity index (χ2v) is 9.59. The zero-order chi connectivity index (χ0) is 20.0. The van der Waals surface area contributed by atoms with Gasteiger partial charge in [0.05, 0.1) is 13.7 Å². The second-order valence-electron chi connectivity index (χ2n) is 8.45. The van der Waals surface area contributed by atoms with Gasteiger partial charge in [-0.3, -0.25) is 14.6 Å². The molecule has 5 nitrogen and oxygen atoms in total. The van der Waals surface area contributed by atoms with E-state index in [4.69, 9.17) is 4.74 Å². The smallest absolute Gasteiger partial charge is 0.236 e. The van der Waals surface area contributed by atoms with Gasteiger partial charge in [0, 0.05) is 61.0 Å². The lowest BCUT2D eigenvalue weighted by atomic mass is 9.91. The Morgan fingerprint density at radius 2 is 2.00 bits per heavy atom. The van der Waals surface area contributed by atoms with Crippen molar-refractivity contribution in [3.8, 4) is 5.75 Å². The Kier molecular flexibility index (Phi) is 5.22. The monoisotopic (exact) mass is 417 g/mol. The maximum Gasteiger partial charge on any atom is 0.236 e. The number of ether oxygens (including phenoxy) is 1. The fraction of sp³-hybridized carbons (Fsp3) is 0.591. The summed E-state index contributed by atoms with van der Waals surface area (Å²) in [5.74, 6) is 0.235. The highest BCUT2D eigenvalue weighted by Crippen LogP contribution is 2.38. The van der Waals surface area contributed by atoms with Crippen molar-refractivity contribution in [2.24, 2.45) is 0 Å². The predicted octanol–water partition coefficient (Wildman–Crippen LogP) is 3.10. The SMILES string of the molecule is COc1cc2sc3c(c2cc1F)CCN(CC(=O)N1CCN(C2CCC2)CC1)C3. The lowest BCUT2D eigenvalue weighted by Crippen LogP contribution is -2.55. The molecule has 156 valence electrons. The molecule has 1 saturated carbocycles. The summed E-state index contributed by atoms with van der Waals surface area (Å²) in [6, 6.07) is 4.17. The summed E-state index contributed by atoms with van der Waals surface area (Å²) in [6.45, 7) is 5.85. The standard InChI is InChI=1S/C22H28FN3O2S/c1-28-19-12-20-17(11-18(19)23)16-5-6-24(13-21(16)29-20)14-22(27)26-9-7-25(8-10-26)15-3-2-4-15/h11-12,15H,2-10,13-14H2,1H3. The molecular formula is C22H28FN3O2S. The molecule has 7 heteroatoms. The van der Waals surface area contributed by atoms with E-state index in [1.807, 2.05) is 4.90 Å². The highest BCUT2D eigenvalue weighted by atomic mass is 32.1. The van der Waals surface area contributed by atoms with Crippen LogP contribution in [0.2, 0.25) is 0 Å². The highest BCUT2D eigenvalue weighted by molar-refractivity contribution is 7.19. The molecule has 0 unspecified atom stereocenters. The normalized spacial score (nSPS) is 21.2. The van der Waals surface area contributed by atoms with Crippen LogP contribution in [-0.2, 0) is 17.8 Å². The maximum atomic E-state index is 14.1. The predicted molar refractivity (Wildman–Crippen MR) is 113 cm³/mol. The third-order valence-electron chi connectivity index (χ3n) is 6.81. The number of thiophene rings is 1. The van der Waals surface area contributed by atoms with Crippen LogP contribution in [0.3, 0.4) is 0 Å². The van der Waals surface area contributed by atoms with Crippen molar-refractivity contribution >= 4 is 27.3 Å². The van der Waals surface area contributed by atoms with Gasteiger partial charge in [0.1, 0.15) is 0 Å². The number of carbonyl (C=O) groups is 1. The number of hydrogen-bond acceptors (Lipinski definition) is 5. The first kappa shape index (κ1) is 19.3. The second kappa shape index (κ2) is 7.85. The Labute approximate surface area is 175 Å². The summed E-state index contributed by atoms with van der Waals surface area (Å²) in [5, 5.41) is 1.00. The van der Waals surface area contributed by atoms with Crippen molar-refractivity contribution in [1.82, 2.24) is 14.7 Å². The molecule has 1 aliphatic carbocycles. The molecule has 1 aromatic heterocycles. The highest BCUT2D eigenvalue weighted by Gasteiger charge is 2.30. The van der Waals surface area contributed by atoms with Gasteiger partial charge < -0.3 is 9.64 Å². The third kappa shape index (κ3) is 3.64. The molecule has 2 fully saturated rings. The van der Waals surface area contributed by atoms with Crippen molar-refractivity contribution in [1.29, 1.82) is 0 Å². The molecule has 3 aliphatic rings. The average molecular weight is 418 g/mol. The van der Waals surface area contributed by atoms with Crippen molar-refractivity contribution < 1.29 is 13.9 Å². The third-order valence-corrected chi connectivity index (χ3v) is 7.99. The molecule has 0 radical (unpaired) electrons. The molecule has 0 N–H and O–H groups in total. The number of methoxy groups -OCH3 is 1. The Hall–Kier alpha value is -1.70. The van der Waals surface area contributed by atoms with Gasteiger partial charge >= 0.3 is 0 Å². The minimum atomic E-state index is -0.306. The number of hydrogen-bond donors (Lipinski definition) is 0. The molecular weight excluding hydrogens is 389 g/mol. The molecule has 2 aliphatic heterocycles. The Morgan fingerprint density at radius 1 is 1.21 bits per heavy atom. The summed E-state index contributed by atoms with van der Waals surface area (Å²) in [4.78, 5) is 20.9. The summed E-state index contributed by atoms with van der Waals surface area (Å²) in [6.07, 6.45) is 4.88. The average Bonchev–Trinajstić information content (AvgIpc) is 3.03. The molecule has 0 spiro atoms. The van der Waals surface area contributed by atoms with Crippen LogP contribution in [0.4, 0.5) is 4.39 Å². The van der Waals surface area contributed by atoms with Gasteiger partial charge in [-0.25, -0.2) is 4.39 Å². The fourth-order valence-corrected chi connectivity index (χ4v) is 6.13. The quantitative estimate of drug-likeness (QED) is 0.766. The number of carbonyl (C=O) groups excluding carboxylic acids is 1. The van der Waals surface area contributed by atoms with Gasteiger partial charge in [-0.1, -0.05) is 6.42 Å². The van der Waals surface area contributed by atoms with E-state index in [1.54, 1.807) is 23.5 Å². The number of fused-ring (bicyclic) bond motifs is 3.